The van der Waals surface area contributed by atoms with Gasteiger partial charge < -0.3 is 19.9 Å². The molecule has 7 heteroatoms. The fraction of sp³-hybridized carbons (Fsp3) is 0.462. The lowest BCUT2D eigenvalue weighted by Crippen LogP contribution is -2.37. The summed E-state index contributed by atoms with van der Waals surface area (Å²) in [6.07, 6.45) is 5.45. The lowest BCUT2D eigenvalue weighted by Gasteiger charge is -2.22. The third-order valence-electron chi connectivity index (χ3n) is 3.00. The van der Waals surface area contributed by atoms with Crippen LogP contribution in [0.3, 0.4) is 0 Å². The van der Waals surface area contributed by atoms with Crippen molar-refractivity contribution in [2.45, 2.75) is 13.8 Å². The van der Waals surface area contributed by atoms with Gasteiger partial charge in [-0.05, 0) is 13.8 Å². The molecule has 0 fully saturated rings. The highest BCUT2D eigenvalue weighted by Gasteiger charge is 2.16. The number of hydrogen-bond donors (Lipinski definition) is 2. The lowest BCUT2D eigenvalue weighted by molar-refractivity contribution is -0.119. The van der Waals surface area contributed by atoms with Crippen LogP contribution in [0.4, 0.5) is 11.6 Å². The zero-order valence-corrected chi connectivity index (χ0v) is 12.1. The molecule has 0 aliphatic heterocycles. The Balaban J connectivity index is 2.37. The highest BCUT2D eigenvalue weighted by molar-refractivity contribution is 5.82. The maximum atomic E-state index is 11.8. The first-order valence-electron chi connectivity index (χ1n) is 6.72. The van der Waals surface area contributed by atoms with Gasteiger partial charge in [0.05, 0.1) is 12.7 Å². The van der Waals surface area contributed by atoms with E-state index in [4.69, 9.17) is 0 Å². The van der Waals surface area contributed by atoms with Crippen molar-refractivity contribution in [2.24, 2.45) is 0 Å². The Morgan fingerprint density at radius 2 is 2.25 bits per heavy atom. The number of likely N-dealkylation sites (N-methyl/N-ethyl adjacent to an activating group) is 2. The second-order valence-electron chi connectivity index (χ2n) is 4.33. The summed E-state index contributed by atoms with van der Waals surface area (Å²) in [5.74, 6) is 1.42. The summed E-state index contributed by atoms with van der Waals surface area (Å²) >= 11 is 0. The van der Waals surface area contributed by atoms with E-state index in [0.29, 0.717) is 18.9 Å². The predicted molar refractivity (Wildman–Crippen MR) is 79.1 cm³/mol. The van der Waals surface area contributed by atoms with Crippen LogP contribution in [-0.2, 0) is 4.79 Å². The first-order chi connectivity index (χ1) is 9.69. The van der Waals surface area contributed by atoms with Gasteiger partial charge in [0.15, 0.2) is 11.5 Å². The maximum absolute atomic E-state index is 11.8. The molecule has 0 aliphatic carbocycles. The average Bonchev–Trinajstić information content (AvgIpc) is 2.92. The molecule has 0 aromatic carbocycles. The van der Waals surface area contributed by atoms with Gasteiger partial charge in [-0.2, -0.15) is 0 Å². The van der Waals surface area contributed by atoms with Crippen molar-refractivity contribution in [3.63, 3.8) is 0 Å². The molecule has 2 aromatic heterocycles. The monoisotopic (exact) mass is 276 g/mol. The number of amides is 1. The molecule has 2 rings (SSSR count). The quantitative estimate of drug-likeness (QED) is 0.813. The number of rotatable bonds is 6. The first-order valence-corrected chi connectivity index (χ1v) is 6.72. The minimum atomic E-state index is -0.0179. The average molecular weight is 276 g/mol. The van der Waals surface area contributed by atoms with Gasteiger partial charge in [0.25, 0.3) is 0 Å². The molecule has 2 aromatic rings. The molecule has 20 heavy (non-hydrogen) atoms. The van der Waals surface area contributed by atoms with Gasteiger partial charge >= 0.3 is 0 Å². The second-order valence-corrected chi connectivity index (χ2v) is 4.33. The van der Waals surface area contributed by atoms with E-state index in [9.17, 15) is 4.79 Å². The van der Waals surface area contributed by atoms with Crippen molar-refractivity contribution in [3.05, 3.63) is 18.6 Å². The van der Waals surface area contributed by atoms with Gasteiger partial charge in [0, 0.05) is 32.5 Å². The second kappa shape index (κ2) is 6.23. The Hall–Kier alpha value is -2.31. The molecule has 0 unspecified atom stereocenters. The Bertz CT molecular complexity index is 594. The van der Waals surface area contributed by atoms with Crippen LogP contribution in [0.1, 0.15) is 13.8 Å². The number of aromatic nitrogens is 3. The van der Waals surface area contributed by atoms with Crippen LogP contribution in [0.5, 0.6) is 0 Å². The molecule has 108 valence electrons. The minimum Gasteiger partial charge on any atom is -0.372 e. The molecule has 0 aliphatic rings. The van der Waals surface area contributed by atoms with Gasteiger partial charge in [0.2, 0.25) is 5.91 Å². The fourth-order valence-corrected chi connectivity index (χ4v) is 2.01. The number of fused-ring (bicyclic) bond motifs is 1. The molecule has 1 amide bonds. The topological polar surface area (TPSA) is 74.6 Å². The molecule has 0 spiro atoms. The van der Waals surface area contributed by atoms with Gasteiger partial charge in [0.1, 0.15) is 5.82 Å². The van der Waals surface area contributed by atoms with Crippen LogP contribution >= 0.6 is 0 Å². The normalized spacial score (nSPS) is 10.6. The van der Waals surface area contributed by atoms with Crippen molar-refractivity contribution in [1.29, 1.82) is 0 Å². The molecule has 0 saturated heterocycles. The minimum absolute atomic E-state index is 0.0179. The molecule has 7 nitrogen and oxygen atoms in total. The summed E-state index contributed by atoms with van der Waals surface area (Å²) < 4.78 is 1.90. The van der Waals surface area contributed by atoms with Crippen LogP contribution in [0.15, 0.2) is 18.6 Å². The van der Waals surface area contributed by atoms with Crippen LogP contribution in [0, 0.1) is 0 Å². The van der Waals surface area contributed by atoms with Crippen molar-refractivity contribution in [1.82, 2.24) is 19.7 Å². The predicted octanol–water partition coefficient (Wildman–Crippen LogP) is 0.733. The summed E-state index contributed by atoms with van der Waals surface area (Å²) in [4.78, 5) is 22.5. The number of carbonyl (C=O) groups is 1. The van der Waals surface area contributed by atoms with Crippen LogP contribution in [0.2, 0.25) is 0 Å². The number of nitrogens with zero attached hydrogens (tertiary/aromatic N) is 4. The fourth-order valence-electron chi connectivity index (χ4n) is 2.01. The summed E-state index contributed by atoms with van der Waals surface area (Å²) in [6, 6.07) is 0. The zero-order chi connectivity index (χ0) is 14.5. The number of nitrogens with one attached hydrogen (secondary N) is 2. The van der Waals surface area contributed by atoms with E-state index >= 15 is 0 Å². The highest BCUT2D eigenvalue weighted by Crippen LogP contribution is 2.20. The van der Waals surface area contributed by atoms with Crippen LogP contribution in [-0.4, -0.2) is 47.0 Å². The van der Waals surface area contributed by atoms with E-state index in [1.807, 2.05) is 42.6 Å². The van der Waals surface area contributed by atoms with E-state index in [1.54, 1.807) is 6.20 Å². The Kier molecular flexibility index (Phi) is 4.39. The van der Waals surface area contributed by atoms with Crippen LogP contribution in [0.25, 0.3) is 5.65 Å². The number of anilines is 2. The largest absolute Gasteiger partial charge is 0.372 e. The maximum Gasteiger partial charge on any atom is 0.239 e. The third kappa shape index (κ3) is 2.81. The zero-order valence-electron chi connectivity index (χ0n) is 12.1. The molecule has 0 radical (unpaired) electrons. The van der Waals surface area contributed by atoms with Gasteiger partial charge in [-0.25, -0.2) is 9.97 Å². The van der Waals surface area contributed by atoms with Gasteiger partial charge in [-0.15, -0.1) is 0 Å². The van der Waals surface area contributed by atoms with E-state index in [0.717, 1.165) is 11.5 Å². The van der Waals surface area contributed by atoms with E-state index in [1.165, 1.54) is 0 Å². The lowest BCUT2D eigenvalue weighted by atomic mass is 10.4. The smallest absolute Gasteiger partial charge is 0.239 e. The SMILES string of the molecule is CCNC(=O)CN(CC)c1nc(NC)cn2ccnc12. The van der Waals surface area contributed by atoms with Crippen LogP contribution < -0.4 is 15.5 Å². The molecule has 0 saturated carbocycles. The molecular formula is C13H20N6O. The summed E-state index contributed by atoms with van der Waals surface area (Å²) in [7, 11) is 1.81. The van der Waals surface area contributed by atoms with E-state index in [2.05, 4.69) is 20.6 Å². The number of hydrogen-bond acceptors (Lipinski definition) is 5. The number of carbonyl (C=O) groups excluding carboxylic acids is 1. The number of imidazole rings is 1. The van der Waals surface area contributed by atoms with Crippen molar-refractivity contribution >= 4 is 23.2 Å². The van der Waals surface area contributed by atoms with E-state index in [-0.39, 0.29) is 12.5 Å². The molecule has 2 N–H and O–H groups in total. The highest BCUT2D eigenvalue weighted by atomic mass is 16.2. The van der Waals surface area contributed by atoms with E-state index < -0.39 is 0 Å². The summed E-state index contributed by atoms with van der Waals surface area (Å²) in [5.41, 5.74) is 0.746. The summed E-state index contributed by atoms with van der Waals surface area (Å²) in [5, 5.41) is 5.82. The third-order valence-corrected chi connectivity index (χ3v) is 3.00. The van der Waals surface area contributed by atoms with Crippen molar-refractivity contribution in [2.75, 3.05) is 36.9 Å². The molecule has 0 atom stereocenters. The molecule has 2 heterocycles. The molecule has 0 bridgehead atoms. The first kappa shape index (κ1) is 14.1. The standard InChI is InChI=1S/C13H20N6O/c1-4-15-11(20)9-18(5-2)13-12-16-6-7-19(12)8-10(14-3)17-13/h6-8,14H,4-5,9H2,1-3H3,(H,15,20). The summed E-state index contributed by atoms with van der Waals surface area (Å²) in [6.45, 7) is 5.47. The Morgan fingerprint density at radius 1 is 1.45 bits per heavy atom. The Labute approximate surface area is 118 Å². The van der Waals surface area contributed by atoms with Crippen molar-refractivity contribution in [3.8, 4) is 0 Å². The van der Waals surface area contributed by atoms with Crippen molar-refractivity contribution < 1.29 is 4.79 Å². The van der Waals surface area contributed by atoms with Gasteiger partial charge in [-0.1, -0.05) is 0 Å². The van der Waals surface area contributed by atoms with Gasteiger partial charge in [-0.3, -0.25) is 4.79 Å². The molecular weight excluding hydrogens is 256 g/mol. The Morgan fingerprint density at radius 3 is 2.90 bits per heavy atom.